The number of likely N-dealkylation sites (tertiary alicyclic amines) is 1. The second-order valence-electron chi connectivity index (χ2n) is 9.20. The van der Waals surface area contributed by atoms with Crippen molar-refractivity contribution in [2.24, 2.45) is 11.7 Å². The number of nitrogens with zero attached hydrogens (tertiary/aromatic N) is 4. The van der Waals surface area contributed by atoms with Crippen LogP contribution in [-0.2, 0) is 14.3 Å². The third-order valence-corrected chi connectivity index (χ3v) is 7.10. The molecule has 10 heteroatoms. The fourth-order valence-electron chi connectivity index (χ4n) is 4.79. The topological polar surface area (TPSA) is 139 Å². The zero-order valence-electron chi connectivity index (χ0n) is 21.2. The number of esters is 1. The zero-order valence-corrected chi connectivity index (χ0v) is 21.2. The van der Waals surface area contributed by atoms with Crippen molar-refractivity contribution in [1.82, 2.24) is 19.4 Å². The molecule has 0 saturated carbocycles. The Morgan fingerprint density at radius 2 is 1.92 bits per heavy atom. The molecule has 1 fully saturated rings. The van der Waals surface area contributed by atoms with Gasteiger partial charge < -0.3 is 30.4 Å². The normalized spacial score (nSPS) is 19.3. The van der Waals surface area contributed by atoms with E-state index in [1.165, 1.54) is 6.33 Å². The van der Waals surface area contributed by atoms with E-state index in [9.17, 15) is 9.59 Å². The molecule has 0 radical (unpaired) electrons. The summed E-state index contributed by atoms with van der Waals surface area (Å²) in [6.45, 7) is 6.22. The lowest BCUT2D eigenvalue weighted by molar-refractivity contribution is -0.153. The van der Waals surface area contributed by atoms with Gasteiger partial charge >= 0.3 is 5.97 Å². The van der Waals surface area contributed by atoms with E-state index in [1.807, 2.05) is 48.9 Å². The molecule has 1 aliphatic heterocycles. The Labute approximate surface area is 210 Å². The van der Waals surface area contributed by atoms with E-state index in [2.05, 4.69) is 9.97 Å². The molecule has 2 aromatic heterocycles. The summed E-state index contributed by atoms with van der Waals surface area (Å²) in [4.78, 5) is 36.6. The van der Waals surface area contributed by atoms with E-state index in [0.29, 0.717) is 24.4 Å². The highest BCUT2D eigenvalue weighted by atomic mass is 16.5. The summed E-state index contributed by atoms with van der Waals surface area (Å²) in [6, 6.07) is 6.00. The van der Waals surface area contributed by atoms with Crippen molar-refractivity contribution in [3.8, 4) is 16.9 Å². The van der Waals surface area contributed by atoms with Crippen LogP contribution in [0.3, 0.4) is 0 Å². The average molecular weight is 495 g/mol. The number of aromatic nitrogens is 3. The number of carbonyl (C=O) groups excluding carboxylic acids is 2. The third kappa shape index (κ3) is 4.60. The first-order valence-electron chi connectivity index (χ1n) is 12.3. The number of amides is 1. The lowest BCUT2D eigenvalue weighted by Gasteiger charge is -2.28. The SMILES string of the molecule is CCOC(=O)C1CC(n2cc(-c3ccc(OC)cc3)c3c(N)ncnc32)CN1C(=O)C(N)C(C)CC. The highest BCUT2D eigenvalue weighted by molar-refractivity contribution is 6.00. The molecule has 0 bridgehead atoms. The van der Waals surface area contributed by atoms with Gasteiger partial charge in [0.1, 0.15) is 29.6 Å². The van der Waals surface area contributed by atoms with Crippen molar-refractivity contribution < 1.29 is 19.1 Å². The Bertz CT molecular complexity index is 1240. The van der Waals surface area contributed by atoms with Crippen LogP contribution < -0.4 is 16.2 Å². The molecule has 4 unspecified atom stereocenters. The molecule has 4 atom stereocenters. The highest BCUT2D eigenvalue weighted by Gasteiger charge is 2.43. The lowest BCUT2D eigenvalue weighted by Crippen LogP contribution is -2.51. The fourth-order valence-corrected chi connectivity index (χ4v) is 4.79. The molecule has 0 spiro atoms. The first-order valence-corrected chi connectivity index (χ1v) is 12.3. The summed E-state index contributed by atoms with van der Waals surface area (Å²) in [5.74, 6) is 0.417. The summed E-state index contributed by atoms with van der Waals surface area (Å²) in [7, 11) is 1.62. The minimum absolute atomic E-state index is 0.0129. The van der Waals surface area contributed by atoms with Gasteiger partial charge in [-0.15, -0.1) is 0 Å². The predicted octanol–water partition coefficient (Wildman–Crippen LogP) is 2.77. The number of fused-ring (bicyclic) bond motifs is 1. The Hall–Kier alpha value is -3.66. The second-order valence-corrected chi connectivity index (χ2v) is 9.20. The van der Waals surface area contributed by atoms with Crippen molar-refractivity contribution in [2.75, 3.05) is 26.0 Å². The van der Waals surface area contributed by atoms with Crippen LogP contribution in [0.1, 0.15) is 39.7 Å². The van der Waals surface area contributed by atoms with Crippen LogP contribution in [0.25, 0.3) is 22.2 Å². The van der Waals surface area contributed by atoms with Crippen LogP contribution >= 0.6 is 0 Å². The van der Waals surface area contributed by atoms with E-state index < -0.39 is 18.1 Å². The number of hydrogen-bond donors (Lipinski definition) is 2. The molecule has 4 N–H and O–H groups in total. The van der Waals surface area contributed by atoms with E-state index in [-0.39, 0.29) is 24.5 Å². The van der Waals surface area contributed by atoms with Crippen molar-refractivity contribution in [3.05, 3.63) is 36.8 Å². The Balaban J connectivity index is 1.76. The summed E-state index contributed by atoms with van der Waals surface area (Å²) < 4.78 is 12.6. The average Bonchev–Trinajstić information content (AvgIpc) is 3.50. The molecule has 1 aliphatic rings. The number of hydrogen-bond acceptors (Lipinski definition) is 8. The Kier molecular flexibility index (Phi) is 7.44. The van der Waals surface area contributed by atoms with Gasteiger partial charge in [-0.1, -0.05) is 32.4 Å². The molecule has 36 heavy (non-hydrogen) atoms. The van der Waals surface area contributed by atoms with E-state index >= 15 is 0 Å². The molecule has 192 valence electrons. The van der Waals surface area contributed by atoms with Crippen LogP contribution in [0.4, 0.5) is 5.82 Å². The predicted molar refractivity (Wildman–Crippen MR) is 137 cm³/mol. The number of nitrogen functional groups attached to an aromatic ring is 1. The maximum absolute atomic E-state index is 13.4. The number of anilines is 1. The number of benzene rings is 1. The summed E-state index contributed by atoms with van der Waals surface area (Å²) >= 11 is 0. The fraction of sp³-hybridized carbons (Fsp3) is 0.462. The molecular formula is C26H34N6O4. The number of nitrogens with two attached hydrogens (primary N) is 2. The smallest absolute Gasteiger partial charge is 0.328 e. The Morgan fingerprint density at radius 3 is 2.56 bits per heavy atom. The molecule has 1 saturated heterocycles. The van der Waals surface area contributed by atoms with Gasteiger partial charge in [0.25, 0.3) is 0 Å². The van der Waals surface area contributed by atoms with Crippen molar-refractivity contribution in [2.45, 2.75) is 51.7 Å². The molecule has 1 aromatic carbocycles. The third-order valence-electron chi connectivity index (χ3n) is 7.10. The largest absolute Gasteiger partial charge is 0.497 e. The molecule has 0 aliphatic carbocycles. The molecule has 4 rings (SSSR count). The highest BCUT2D eigenvalue weighted by Crippen LogP contribution is 2.38. The van der Waals surface area contributed by atoms with Crippen molar-refractivity contribution in [1.29, 1.82) is 0 Å². The first-order chi connectivity index (χ1) is 17.3. The molecule has 3 aromatic rings. The molecule has 1 amide bonds. The van der Waals surface area contributed by atoms with Gasteiger partial charge in [-0.2, -0.15) is 0 Å². The van der Waals surface area contributed by atoms with Crippen LogP contribution in [0.2, 0.25) is 0 Å². The minimum Gasteiger partial charge on any atom is -0.497 e. The van der Waals surface area contributed by atoms with Gasteiger partial charge in [0.05, 0.1) is 31.2 Å². The standard InChI is InChI=1S/C26H34N6O4/c1-5-15(3)22(27)25(33)32-12-17(11-20(32)26(34)36-6-2)31-13-19(16-7-9-18(35-4)10-8-16)21-23(28)29-14-30-24(21)31/h7-10,13-15,17,20,22H,5-6,11-12,27H2,1-4H3,(H2,28,29,30). The van der Waals surface area contributed by atoms with Crippen LogP contribution in [0, 0.1) is 5.92 Å². The number of methoxy groups -OCH3 is 1. The van der Waals surface area contributed by atoms with Gasteiger partial charge in [-0.05, 0) is 30.5 Å². The second kappa shape index (κ2) is 10.5. The number of rotatable bonds is 8. The van der Waals surface area contributed by atoms with Crippen LogP contribution in [0.5, 0.6) is 5.75 Å². The van der Waals surface area contributed by atoms with E-state index in [4.69, 9.17) is 20.9 Å². The van der Waals surface area contributed by atoms with Crippen molar-refractivity contribution >= 4 is 28.7 Å². The zero-order chi connectivity index (χ0) is 26.0. The van der Waals surface area contributed by atoms with Gasteiger partial charge in [0.15, 0.2) is 0 Å². The summed E-state index contributed by atoms with van der Waals surface area (Å²) in [5, 5.41) is 0.719. The molecule has 3 heterocycles. The van der Waals surface area contributed by atoms with Gasteiger partial charge in [-0.3, -0.25) is 4.79 Å². The Morgan fingerprint density at radius 1 is 1.19 bits per heavy atom. The van der Waals surface area contributed by atoms with E-state index in [0.717, 1.165) is 28.7 Å². The van der Waals surface area contributed by atoms with Crippen LogP contribution in [0.15, 0.2) is 36.8 Å². The summed E-state index contributed by atoms with van der Waals surface area (Å²) in [5.41, 5.74) is 15.0. The number of ether oxygens (including phenoxy) is 2. The quantitative estimate of drug-likeness (QED) is 0.456. The van der Waals surface area contributed by atoms with Gasteiger partial charge in [0, 0.05) is 24.7 Å². The van der Waals surface area contributed by atoms with Crippen LogP contribution in [-0.4, -0.2) is 63.7 Å². The lowest BCUT2D eigenvalue weighted by atomic mass is 9.98. The maximum atomic E-state index is 13.4. The molecular weight excluding hydrogens is 460 g/mol. The summed E-state index contributed by atoms with van der Waals surface area (Å²) in [6.07, 6.45) is 4.53. The van der Waals surface area contributed by atoms with Crippen molar-refractivity contribution in [3.63, 3.8) is 0 Å². The monoisotopic (exact) mass is 494 g/mol. The minimum atomic E-state index is -0.723. The van der Waals surface area contributed by atoms with Gasteiger partial charge in [-0.25, -0.2) is 14.8 Å². The maximum Gasteiger partial charge on any atom is 0.328 e. The van der Waals surface area contributed by atoms with E-state index in [1.54, 1.807) is 18.9 Å². The van der Waals surface area contributed by atoms with Gasteiger partial charge in [0.2, 0.25) is 5.91 Å². The number of carbonyl (C=O) groups is 2. The molecule has 10 nitrogen and oxygen atoms in total. The first kappa shape index (κ1) is 25.4.